The summed E-state index contributed by atoms with van der Waals surface area (Å²) in [5, 5.41) is 12.3. The van der Waals surface area contributed by atoms with Gasteiger partial charge in [-0.15, -0.1) is 0 Å². The van der Waals surface area contributed by atoms with Crippen LogP contribution in [-0.2, 0) is 0 Å². The van der Waals surface area contributed by atoms with E-state index >= 15 is 0 Å². The molecule has 0 saturated carbocycles. The van der Waals surface area contributed by atoms with Crippen molar-refractivity contribution < 1.29 is 5.11 Å². The number of nitrogens with two attached hydrogens (primary N) is 1. The minimum Gasteiger partial charge on any atom is -0.394 e. The van der Waals surface area contributed by atoms with E-state index in [1.807, 2.05) is 12.1 Å². The lowest BCUT2D eigenvalue weighted by Gasteiger charge is -2.23. The van der Waals surface area contributed by atoms with Crippen LogP contribution in [0.5, 0.6) is 0 Å². The van der Waals surface area contributed by atoms with E-state index in [1.54, 1.807) is 0 Å². The van der Waals surface area contributed by atoms with Crippen molar-refractivity contribution >= 4 is 0 Å². The highest BCUT2D eigenvalue weighted by atomic mass is 16.3. The molecule has 88 valence electrons. The van der Waals surface area contributed by atoms with E-state index in [2.05, 4.69) is 17.4 Å². The van der Waals surface area contributed by atoms with Crippen LogP contribution in [-0.4, -0.2) is 24.8 Å². The Morgan fingerprint density at radius 3 is 2.44 bits per heavy atom. The van der Waals surface area contributed by atoms with Crippen LogP contribution in [0.3, 0.4) is 0 Å². The van der Waals surface area contributed by atoms with Crippen molar-refractivity contribution in [2.24, 2.45) is 5.73 Å². The van der Waals surface area contributed by atoms with Crippen LogP contribution >= 0.6 is 0 Å². The lowest BCUT2D eigenvalue weighted by molar-refractivity contribution is 0.268. The van der Waals surface area contributed by atoms with Gasteiger partial charge in [0.05, 0.1) is 12.6 Å². The number of nitrogens with one attached hydrogen (secondary N) is 1. The zero-order valence-electron chi connectivity index (χ0n) is 9.52. The SMILES string of the molecule is NC(CO)c1ccc(C2CCNCC2)cc1. The van der Waals surface area contributed by atoms with Gasteiger partial charge in [-0.05, 0) is 43.0 Å². The highest BCUT2D eigenvalue weighted by molar-refractivity contribution is 5.27. The summed E-state index contributed by atoms with van der Waals surface area (Å²) in [5.41, 5.74) is 8.18. The van der Waals surface area contributed by atoms with Gasteiger partial charge in [0.15, 0.2) is 0 Å². The molecule has 2 rings (SSSR count). The number of benzene rings is 1. The van der Waals surface area contributed by atoms with Gasteiger partial charge in [0.25, 0.3) is 0 Å². The molecule has 1 aromatic rings. The second-order valence-corrected chi connectivity index (χ2v) is 4.48. The molecule has 1 aliphatic rings. The molecule has 0 aliphatic carbocycles. The molecule has 1 fully saturated rings. The third kappa shape index (κ3) is 2.61. The second-order valence-electron chi connectivity index (χ2n) is 4.48. The summed E-state index contributed by atoms with van der Waals surface area (Å²) in [6, 6.07) is 8.14. The molecule has 0 spiro atoms. The summed E-state index contributed by atoms with van der Waals surface area (Å²) < 4.78 is 0. The van der Waals surface area contributed by atoms with Gasteiger partial charge in [-0.3, -0.25) is 0 Å². The Kier molecular flexibility index (Phi) is 3.93. The van der Waals surface area contributed by atoms with Crippen LogP contribution in [0.1, 0.15) is 35.9 Å². The summed E-state index contributed by atoms with van der Waals surface area (Å²) in [5.74, 6) is 0.681. The number of hydrogen-bond donors (Lipinski definition) is 3. The summed E-state index contributed by atoms with van der Waals surface area (Å²) in [6.45, 7) is 2.23. The Morgan fingerprint density at radius 1 is 1.25 bits per heavy atom. The molecule has 0 aromatic heterocycles. The molecule has 0 radical (unpaired) electrons. The van der Waals surface area contributed by atoms with E-state index in [4.69, 9.17) is 10.8 Å². The van der Waals surface area contributed by atoms with E-state index in [1.165, 1.54) is 18.4 Å². The minimum absolute atomic E-state index is 0.00664. The van der Waals surface area contributed by atoms with Gasteiger partial charge in [-0.2, -0.15) is 0 Å². The van der Waals surface area contributed by atoms with E-state index in [0.29, 0.717) is 5.92 Å². The number of rotatable bonds is 3. The lowest BCUT2D eigenvalue weighted by Crippen LogP contribution is -2.26. The van der Waals surface area contributed by atoms with Gasteiger partial charge >= 0.3 is 0 Å². The Hall–Kier alpha value is -0.900. The maximum Gasteiger partial charge on any atom is 0.0624 e. The summed E-state index contributed by atoms with van der Waals surface area (Å²) in [7, 11) is 0. The summed E-state index contributed by atoms with van der Waals surface area (Å²) in [6.07, 6.45) is 2.43. The molecular formula is C13H20N2O. The summed E-state index contributed by atoms with van der Waals surface area (Å²) in [4.78, 5) is 0. The number of piperidine rings is 1. The molecule has 3 heteroatoms. The molecule has 1 heterocycles. The zero-order valence-corrected chi connectivity index (χ0v) is 9.52. The van der Waals surface area contributed by atoms with Gasteiger partial charge in [0.1, 0.15) is 0 Å². The standard InChI is InChI=1S/C13H20N2O/c14-13(9-16)12-3-1-10(2-4-12)11-5-7-15-8-6-11/h1-4,11,13,15-16H,5-9,14H2. The predicted octanol–water partition coefficient (Wildman–Crippen LogP) is 1.15. The highest BCUT2D eigenvalue weighted by Gasteiger charge is 2.15. The minimum atomic E-state index is -0.248. The molecule has 0 bridgehead atoms. The first-order chi connectivity index (χ1) is 7.81. The van der Waals surface area contributed by atoms with Crippen LogP contribution < -0.4 is 11.1 Å². The molecule has 1 aromatic carbocycles. The van der Waals surface area contributed by atoms with E-state index in [-0.39, 0.29) is 12.6 Å². The first kappa shape index (κ1) is 11.6. The number of hydrogen-bond acceptors (Lipinski definition) is 3. The normalized spacial score (nSPS) is 19.6. The molecule has 16 heavy (non-hydrogen) atoms. The smallest absolute Gasteiger partial charge is 0.0624 e. The molecule has 1 unspecified atom stereocenters. The second kappa shape index (κ2) is 5.43. The third-order valence-corrected chi connectivity index (χ3v) is 3.37. The molecule has 1 saturated heterocycles. The van der Waals surface area contributed by atoms with Gasteiger partial charge in [-0.1, -0.05) is 24.3 Å². The van der Waals surface area contributed by atoms with Crippen LogP contribution in [0.25, 0.3) is 0 Å². The average Bonchev–Trinajstić information content (AvgIpc) is 2.39. The Morgan fingerprint density at radius 2 is 1.88 bits per heavy atom. The number of aliphatic hydroxyl groups is 1. The van der Waals surface area contributed by atoms with Crippen molar-refractivity contribution in [2.75, 3.05) is 19.7 Å². The fourth-order valence-electron chi connectivity index (χ4n) is 2.28. The van der Waals surface area contributed by atoms with Crippen LogP contribution in [0.4, 0.5) is 0 Å². The fraction of sp³-hybridized carbons (Fsp3) is 0.538. The molecule has 0 amide bonds. The Balaban J connectivity index is 2.06. The maximum absolute atomic E-state index is 8.97. The van der Waals surface area contributed by atoms with Crippen molar-refractivity contribution in [2.45, 2.75) is 24.8 Å². The molecular weight excluding hydrogens is 200 g/mol. The predicted molar refractivity (Wildman–Crippen MR) is 65.3 cm³/mol. The lowest BCUT2D eigenvalue weighted by atomic mass is 9.89. The topological polar surface area (TPSA) is 58.3 Å². The van der Waals surface area contributed by atoms with Crippen LogP contribution in [0.2, 0.25) is 0 Å². The average molecular weight is 220 g/mol. The third-order valence-electron chi connectivity index (χ3n) is 3.37. The van der Waals surface area contributed by atoms with Crippen molar-refractivity contribution in [1.29, 1.82) is 0 Å². The van der Waals surface area contributed by atoms with E-state index in [0.717, 1.165) is 18.7 Å². The van der Waals surface area contributed by atoms with Gasteiger partial charge in [0, 0.05) is 0 Å². The number of aliphatic hydroxyl groups excluding tert-OH is 1. The van der Waals surface area contributed by atoms with E-state index in [9.17, 15) is 0 Å². The van der Waals surface area contributed by atoms with Crippen molar-refractivity contribution in [1.82, 2.24) is 5.32 Å². The maximum atomic E-state index is 8.97. The molecule has 3 nitrogen and oxygen atoms in total. The van der Waals surface area contributed by atoms with Gasteiger partial charge in [0.2, 0.25) is 0 Å². The van der Waals surface area contributed by atoms with Crippen molar-refractivity contribution in [3.05, 3.63) is 35.4 Å². The Labute approximate surface area is 96.7 Å². The zero-order chi connectivity index (χ0) is 11.4. The van der Waals surface area contributed by atoms with Gasteiger partial charge < -0.3 is 16.2 Å². The monoisotopic (exact) mass is 220 g/mol. The quantitative estimate of drug-likeness (QED) is 0.716. The Bertz CT molecular complexity index is 317. The van der Waals surface area contributed by atoms with Gasteiger partial charge in [-0.25, -0.2) is 0 Å². The van der Waals surface area contributed by atoms with Crippen molar-refractivity contribution in [3.63, 3.8) is 0 Å². The highest BCUT2D eigenvalue weighted by Crippen LogP contribution is 2.25. The fourth-order valence-corrected chi connectivity index (χ4v) is 2.28. The van der Waals surface area contributed by atoms with Crippen LogP contribution in [0.15, 0.2) is 24.3 Å². The largest absolute Gasteiger partial charge is 0.394 e. The summed E-state index contributed by atoms with van der Waals surface area (Å²) >= 11 is 0. The first-order valence-electron chi connectivity index (χ1n) is 5.98. The molecule has 1 atom stereocenters. The van der Waals surface area contributed by atoms with Crippen LogP contribution in [0, 0.1) is 0 Å². The molecule has 1 aliphatic heterocycles. The molecule has 4 N–H and O–H groups in total. The first-order valence-corrected chi connectivity index (χ1v) is 5.98. The van der Waals surface area contributed by atoms with Crippen molar-refractivity contribution in [3.8, 4) is 0 Å². The van der Waals surface area contributed by atoms with E-state index < -0.39 is 0 Å².